The lowest BCUT2D eigenvalue weighted by atomic mass is 9.76. The molecule has 0 amide bonds. The van der Waals surface area contributed by atoms with Gasteiger partial charge in [-0.3, -0.25) is 14.5 Å². The van der Waals surface area contributed by atoms with Gasteiger partial charge in [-0.05, 0) is 38.3 Å². The predicted molar refractivity (Wildman–Crippen MR) is 96.6 cm³/mol. The van der Waals surface area contributed by atoms with Crippen molar-refractivity contribution in [1.29, 1.82) is 0 Å². The monoisotopic (exact) mass is 356 g/mol. The number of aromatic amines is 1. The summed E-state index contributed by atoms with van der Waals surface area (Å²) in [4.78, 5) is 31.7. The average Bonchev–Trinajstić information content (AvgIpc) is 3.21. The van der Waals surface area contributed by atoms with Crippen LogP contribution in [0.2, 0.25) is 0 Å². The summed E-state index contributed by atoms with van der Waals surface area (Å²) >= 11 is 0. The second-order valence-corrected chi connectivity index (χ2v) is 6.91. The molecule has 0 spiro atoms. The van der Waals surface area contributed by atoms with E-state index in [4.69, 9.17) is 9.47 Å². The molecule has 6 heteroatoms. The zero-order valence-corrected chi connectivity index (χ0v) is 15.2. The van der Waals surface area contributed by atoms with E-state index < -0.39 is 17.4 Å². The number of hydrogen-bond acceptors (Lipinski definition) is 5. The highest BCUT2D eigenvalue weighted by atomic mass is 16.6. The lowest BCUT2D eigenvalue weighted by Gasteiger charge is -2.37. The van der Waals surface area contributed by atoms with Gasteiger partial charge in [0.2, 0.25) is 0 Å². The fraction of sp³-hybridized carbons (Fsp3) is 0.500. The van der Waals surface area contributed by atoms with Crippen LogP contribution in [0.5, 0.6) is 0 Å². The average molecular weight is 356 g/mol. The molecule has 3 heterocycles. The van der Waals surface area contributed by atoms with Gasteiger partial charge in [0.25, 0.3) is 0 Å². The standard InChI is InChI=1S/C20H24N2O4/c1-3-25-18(23)20(19(24)26-4-2)10-12-22-11-9-14-13-7-5-6-8-15(13)21-16(14)17(20)22/h5-8,17,21H,3-4,9-12H2,1-2H3. The van der Waals surface area contributed by atoms with Gasteiger partial charge < -0.3 is 14.5 Å². The van der Waals surface area contributed by atoms with E-state index in [0.29, 0.717) is 13.0 Å². The van der Waals surface area contributed by atoms with Crippen LogP contribution in [-0.4, -0.2) is 48.1 Å². The van der Waals surface area contributed by atoms with Crippen LogP contribution in [0.25, 0.3) is 10.9 Å². The largest absolute Gasteiger partial charge is 0.465 e. The Balaban J connectivity index is 1.88. The maximum Gasteiger partial charge on any atom is 0.325 e. The molecule has 2 aliphatic heterocycles. The summed E-state index contributed by atoms with van der Waals surface area (Å²) < 4.78 is 10.7. The van der Waals surface area contributed by atoms with Crippen LogP contribution in [0.3, 0.4) is 0 Å². The minimum Gasteiger partial charge on any atom is -0.465 e. The SMILES string of the molecule is CCOC(=O)C1(C(=O)OCC)CCN2CCc3c([nH]c4ccccc34)C21. The highest BCUT2D eigenvalue weighted by Gasteiger charge is 2.62. The highest BCUT2D eigenvalue weighted by molar-refractivity contribution is 6.02. The Bertz CT molecular complexity index is 839. The highest BCUT2D eigenvalue weighted by Crippen LogP contribution is 2.52. The zero-order valence-electron chi connectivity index (χ0n) is 15.2. The Morgan fingerprint density at radius 2 is 1.85 bits per heavy atom. The number of nitrogens with one attached hydrogen (secondary N) is 1. The van der Waals surface area contributed by atoms with Crippen molar-refractivity contribution in [3.8, 4) is 0 Å². The van der Waals surface area contributed by atoms with Gasteiger partial charge in [0.05, 0.1) is 19.3 Å². The van der Waals surface area contributed by atoms with E-state index in [9.17, 15) is 9.59 Å². The first-order chi connectivity index (χ1) is 12.6. The number of fused-ring (bicyclic) bond motifs is 5. The first-order valence-corrected chi connectivity index (χ1v) is 9.31. The summed E-state index contributed by atoms with van der Waals surface area (Å²) in [6.45, 7) is 5.51. The molecule has 1 N–H and O–H groups in total. The molecule has 0 bridgehead atoms. The van der Waals surface area contributed by atoms with Crippen molar-refractivity contribution in [2.75, 3.05) is 26.3 Å². The first kappa shape index (κ1) is 17.1. The van der Waals surface area contributed by atoms with Crippen LogP contribution < -0.4 is 0 Å². The van der Waals surface area contributed by atoms with E-state index in [1.807, 2.05) is 18.2 Å². The van der Waals surface area contributed by atoms with Gasteiger partial charge in [-0.2, -0.15) is 0 Å². The molecule has 1 atom stereocenters. The normalized spacial score (nSPS) is 21.2. The van der Waals surface area contributed by atoms with E-state index >= 15 is 0 Å². The summed E-state index contributed by atoms with van der Waals surface area (Å²) in [7, 11) is 0. The van der Waals surface area contributed by atoms with E-state index in [-0.39, 0.29) is 19.3 Å². The number of hydrogen-bond donors (Lipinski definition) is 1. The third-order valence-corrected chi connectivity index (χ3v) is 5.67. The molecular weight excluding hydrogens is 332 g/mol. The number of para-hydroxylation sites is 1. The van der Waals surface area contributed by atoms with Gasteiger partial charge in [0.15, 0.2) is 5.41 Å². The van der Waals surface area contributed by atoms with Crippen molar-refractivity contribution in [3.05, 3.63) is 35.5 Å². The molecule has 1 aromatic carbocycles. The Kier molecular flexibility index (Phi) is 4.23. The number of benzene rings is 1. The van der Waals surface area contributed by atoms with Gasteiger partial charge in [0, 0.05) is 29.7 Å². The molecule has 1 fully saturated rings. The third-order valence-electron chi connectivity index (χ3n) is 5.67. The van der Waals surface area contributed by atoms with Gasteiger partial charge in [0.1, 0.15) is 0 Å². The lowest BCUT2D eigenvalue weighted by molar-refractivity contribution is -0.174. The van der Waals surface area contributed by atoms with Crippen LogP contribution >= 0.6 is 0 Å². The molecule has 2 aliphatic rings. The molecule has 0 saturated carbocycles. The Morgan fingerprint density at radius 3 is 2.54 bits per heavy atom. The summed E-state index contributed by atoms with van der Waals surface area (Å²) in [6.07, 6.45) is 1.32. The molecule has 4 rings (SSSR count). The predicted octanol–water partition coefficient (Wildman–Crippen LogP) is 2.58. The number of carbonyl (C=O) groups excluding carboxylic acids is 2. The summed E-state index contributed by atoms with van der Waals surface area (Å²) in [5, 5.41) is 1.16. The molecular formula is C20H24N2O4. The maximum atomic E-state index is 13.0. The van der Waals surface area contributed by atoms with E-state index in [2.05, 4.69) is 16.0 Å². The van der Waals surface area contributed by atoms with Crippen molar-refractivity contribution in [3.63, 3.8) is 0 Å². The maximum absolute atomic E-state index is 13.0. The molecule has 2 aromatic rings. The molecule has 6 nitrogen and oxygen atoms in total. The number of rotatable bonds is 4. The Morgan fingerprint density at radius 1 is 1.15 bits per heavy atom. The van der Waals surface area contributed by atoms with E-state index in [0.717, 1.165) is 29.6 Å². The number of nitrogens with zero attached hydrogens (tertiary/aromatic N) is 1. The number of carbonyl (C=O) groups is 2. The van der Waals surface area contributed by atoms with Crippen LogP contribution in [0.4, 0.5) is 0 Å². The second-order valence-electron chi connectivity index (χ2n) is 6.91. The van der Waals surface area contributed by atoms with Gasteiger partial charge in [-0.15, -0.1) is 0 Å². The van der Waals surface area contributed by atoms with Crippen molar-refractivity contribution >= 4 is 22.8 Å². The van der Waals surface area contributed by atoms with E-state index in [1.54, 1.807) is 13.8 Å². The van der Waals surface area contributed by atoms with Crippen molar-refractivity contribution < 1.29 is 19.1 Å². The second kappa shape index (κ2) is 6.43. The fourth-order valence-corrected chi connectivity index (χ4v) is 4.58. The summed E-state index contributed by atoms with van der Waals surface area (Å²) in [5.74, 6) is -0.949. The number of ether oxygens (including phenoxy) is 2. The lowest BCUT2D eigenvalue weighted by Crippen LogP contribution is -2.48. The third kappa shape index (κ3) is 2.28. The number of aromatic nitrogens is 1. The molecule has 138 valence electrons. The molecule has 1 unspecified atom stereocenters. The quantitative estimate of drug-likeness (QED) is 0.673. The van der Waals surface area contributed by atoms with Crippen LogP contribution in [0.1, 0.15) is 37.6 Å². The number of esters is 2. The topological polar surface area (TPSA) is 71.6 Å². The van der Waals surface area contributed by atoms with Crippen molar-refractivity contribution in [1.82, 2.24) is 9.88 Å². The summed E-state index contributed by atoms with van der Waals surface area (Å²) in [5.41, 5.74) is 1.88. The summed E-state index contributed by atoms with van der Waals surface area (Å²) in [6, 6.07) is 7.76. The number of H-pyrrole nitrogens is 1. The molecule has 1 aromatic heterocycles. The van der Waals surface area contributed by atoms with Gasteiger partial charge in [-0.1, -0.05) is 18.2 Å². The Labute approximate surface area is 152 Å². The minimum atomic E-state index is -1.30. The van der Waals surface area contributed by atoms with Crippen molar-refractivity contribution in [2.45, 2.75) is 32.7 Å². The van der Waals surface area contributed by atoms with Crippen LogP contribution in [0, 0.1) is 5.41 Å². The van der Waals surface area contributed by atoms with Gasteiger partial charge in [-0.25, -0.2) is 0 Å². The first-order valence-electron chi connectivity index (χ1n) is 9.31. The molecule has 26 heavy (non-hydrogen) atoms. The van der Waals surface area contributed by atoms with Gasteiger partial charge >= 0.3 is 11.9 Å². The zero-order chi connectivity index (χ0) is 18.3. The molecule has 0 aliphatic carbocycles. The molecule has 1 saturated heterocycles. The van der Waals surface area contributed by atoms with Crippen molar-refractivity contribution in [2.24, 2.45) is 5.41 Å². The van der Waals surface area contributed by atoms with Crippen LogP contribution in [-0.2, 0) is 25.5 Å². The van der Waals surface area contributed by atoms with Crippen LogP contribution in [0.15, 0.2) is 24.3 Å². The van der Waals surface area contributed by atoms with E-state index in [1.165, 1.54) is 5.56 Å². The smallest absolute Gasteiger partial charge is 0.325 e. The molecule has 0 radical (unpaired) electrons. The minimum absolute atomic E-state index is 0.242. The fourth-order valence-electron chi connectivity index (χ4n) is 4.58. The Hall–Kier alpha value is -2.34.